The van der Waals surface area contributed by atoms with E-state index in [4.69, 9.17) is 9.72 Å². The lowest BCUT2D eigenvalue weighted by Gasteiger charge is -2.31. The Hall–Kier alpha value is -4.01. The second kappa shape index (κ2) is 6.80. The Balaban J connectivity index is 1.79. The summed E-state index contributed by atoms with van der Waals surface area (Å²) in [5.41, 5.74) is 3.04. The maximum absolute atomic E-state index is 13.1. The summed E-state index contributed by atoms with van der Waals surface area (Å²) >= 11 is 0. The number of benzene rings is 3. The Labute approximate surface area is 168 Å². The summed E-state index contributed by atoms with van der Waals surface area (Å²) in [5, 5.41) is 14.7. The summed E-state index contributed by atoms with van der Waals surface area (Å²) < 4.78 is 32.7. The van der Waals surface area contributed by atoms with Crippen LogP contribution in [0.4, 0.5) is 20.2 Å². The van der Waals surface area contributed by atoms with Crippen LogP contribution in [0.2, 0.25) is 0 Å². The van der Waals surface area contributed by atoms with E-state index in [-0.39, 0.29) is 17.0 Å². The summed E-state index contributed by atoms with van der Waals surface area (Å²) in [7, 11) is 0. The van der Waals surface area contributed by atoms with E-state index in [1.165, 1.54) is 12.1 Å². The Morgan fingerprint density at radius 3 is 2.67 bits per heavy atom. The van der Waals surface area contributed by atoms with Crippen molar-refractivity contribution in [2.24, 2.45) is 0 Å². The number of anilines is 1. The van der Waals surface area contributed by atoms with E-state index in [0.717, 1.165) is 28.4 Å². The molecule has 1 aliphatic heterocycles. The summed E-state index contributed by atoms with van der Waals surface area (Å²) in [6, 6.07) is 18.5. The lowest BCUT2D eigenvalue weighted by atomic mass is 10.0. The molecule has 150 valence electrons. The molecule has 30 heavy (non-hydrogen) atoms. The van der Waals surface area contributed by atoms with Gasteiger partial charge >= 0.3 is 6.61 Å². The number of non-ortho nitro benzene ring substituents is 1. The first-order valence-corrected chi connectivity index (χ1v) is 9.09. The molecule has 0 amide bonds. The Morgan fingerprint density at radius 1 is 1.10 bits per heavy atom. The van der Waals surface area contributed by atoms with E-state index in [9.17, 15) is 18.9 Å². The molecule has 1 N–H and O–H groups in total. The maximum Gasteiger partial charge on any atom is 0.387 e. The number of nitrogens with zero attached hydrogens (tertiary/aromatic N) is 3. The normalized spacial score (nSPS) is 14.8. The van der Waals surface area contributed by atoms with Gasteiger partial charge in [0.2, 0.25) is 0 Å². The summed E-state index contributed by atoms with van der Waals surface area (Å²) in [4.78, 5) is 15.5. The van der Waals surface area contributed by atoms with Crippen molar-refractivity contribution >= 4 is 22.4 Å². The largest absolute Gasteiger partial charge is 0.434 e. The Morgan fingerprint density at radius 2 is 1.87 bits per heavy atom. The Kier molecular flexibility index (Phi) is 4.09. The van der Waals surface area contributed by atoms with Crippen LogP contribution >= 0.6 is 0 Å². The van der Waals surface area contributed by atoms with Gasteiger partial charge < -0.3 is 10.1 Å². The topological polar surface area (TPSA) is 82.2 Å². The maximum atomic E-state index is 13.1. The van der Waals surface area contributed by atoms with E-state index >= 15 is 0 Å². The molecular formula is C21H14F2N4O3. The fourth-order valence-corrected chi connectivity index (χ4v) is 3.79. The standard InChI is InChI=1S/C21H14F2N4O3/c22-21(23)30-18-10-9-12(27(28)29)11-14(18)20-24-15-6-2-1-5-13(15)19-25-16-7-3-4-8-17(16)26(19)20/h1-11,20-21,24H/t20-/m1/s1. The average molecular weight is 408 g/mol. The van der Waals surface area contributed by atoms with Gasteiger partial charge in [0.25, 0.3) is 5.69 Å². The van der Waals surface area contributed by atoms with Crippen molar-refractivity contribution < 1.29 is 18.4 Å². The van der Waals surface area contributed by atoms with Gasteiger partial charge in [-0.15, -0.1) is 0 Å². The van der Waals surface area contributed by atoms with Crippen molar-refractivity contribution in [1.29, 1.82) is 0 Å². The number of aromatic nitrogens is 2. The molecule has 7 nitrogen and oxygen atoms in total. The van der Waals surface area contributed by atoms with Gasteiger partial charge in [-0.1, -0.05) is 24.3 Å². The van der Waals surface area contributed by atoms with Gasteiger partial charge in [-0.3, -0.25) is 14.7 Å². The highest BCUT2D eigenvalue weighted by Gasteiger charge is 2.31. The van der Waals surface area contributed by atoms with Crippen LogP contribution in [0.3, 0.4) is 0 Å². The number of nitro benzene ring substituents is 1. The van der Waals surface area contributed by atoms with Crippen LogP contribution in [0.5, 0.6) is 5.75 Å². The smallest absolute Gasteiger partial charge is 0.387 e. The van der Waals surface area contributed by atoms with Gasteiger partial charge in [0.1, 0.15) is 17.7 Å². The third-order valence-electron chi connectivity index (χ3n) is 5.03. The molecule has 0 saturated heterocycles. The lowest BCUT2D eigenvalue weighted by molar-refractivity contribution is -0.385. The van der Waals surface area contributed by atoms with Gasteiger partial charge in [-0.2, -0.15) is 8.78 Å². The molecule has 0 bridgehead atoms. The molecule has 3 aromatic carbocycles. The molecule has 0 fully saturated rings. The third kappa shape index (κ3) is 2.83. The second-order valence-corrected chi connectivity index (χ2v) is 6.74. The molecule has 1 aromatic heterocycles. The number of hydrogen-bond donors (Lipinski definition) is 1. The molecule has 1 atom stereocenters. The SMILES string of the molecule is O=[N+]([O-])c1ccc(OC(F)F)c([C@@H]2Nc3ccccc3-c3nc4ccccc4n32)c1. The van der Waals surface area contributed by atoms with Gasteiger partial charge in [0.15, 0.2) is 0 Å². The van der Waals surface area contributed by atoms with Crippen LogP contribution in [-0.4, -0.2) is 21.1 Å². The quantitative estimate of drug-likeness (QED) is 0.371. The minimum Gasteiger partial charge on any atom is -0.434 e. The first-order chi connectivity index (χ1) is 14.5. The molecule has 2 heterocycles. The first kappa shape index (κ1) is 18.0. The number of ether oxygens (including phenoxy) is 1. The van der Waals surface area contributed by atoms with E-state index in [1.54, 1.807) is 0 Å². The van der Waals surface area contributed by atoms with Crippen LogP contribution in [0.1, 0.15) is 11.7 Å². The predicted octanol–water partition coefficient (Wildman–Crippen LogP) is 5.19. The molecule has 0 radical (unpaired) electrons. The number of rotatable bonds is 4. The molecule has 1 aliphatic rings. The number of fused-ring (bicyclic) bond motifs is 5. The van der Waals surface area contributed by atoms with Crippen molar-refractivity contribution in [2.75, 3.05) is 5.32 Å². The van der Waals surface area contributed by atoms with Crippen LogP contribution in [0.15, 0.2) is 66.7 Å². The fourth-order valence-electron chi connectivity index (χ4n) is 3.79. The van der Waals surface area contributed by atoms with Crippen molar-refractivity contribution in [2.45, 2.75) is 12.8 Å². The number of nitro groups is 1. The van der Waals surface area contributed by atoms with Crippen molar-refractivity contribution in [3.05, 3.63) is 82.4 Å². The minimum absolute atomic E-state index is 0.142. The first-order valence-electron chi connectivity index (χ1n) is 9.09. The van der Waals surface area contributed by atoms with Gasteiger partial charge in [-0.25, -0.2) is 4.98 Å². The van der Waals surface area contributed by atoms with Gasteiger partial charge in [0.05, 0.1) is 16.0 Å². The molecule has 0 saturated carbocycles. The number of nitrogens with one attached hydrogen (secondary N) is 1. The van der Waals surface area contributed by atoms with Crippen LogP contribution < -0.4 is 10.1 Å². The van der Waals surface area contributed by atoms with E-state index in [2.05, 4.69) is 5.32 Å². The van der Waals surface area contributed by atoms with Crippen molar-refractivity contribution in [1.82, 2.24) is 9.55 Å². The predicted molar refractivity (Wildman–Crippen MR) is 107 cm³/mol. The van der Waals surface area contributed by atoms with Crippen molar-refractivity contribution in [3.63, 3.8) is 0 Å². The second-order valence-electron chi connectivity index (χ2n) is 6.74. The molecule has 0 unspecified atom stereocenters. The van der Waals surface area contributed by atoms with Gasteiger partial charge in [0, 0.05) is 28.9 Å². The molecular weight excluding hydrogens is 394 g/mol. The van der Waals surface area contributed by atoms with E-state index < -0.39 is 17.7 Å². The molecule has 0 spiro atoms. The third-order valence-corrected chi connectivity index (χ3v) is 5.03. The molecule has 0 aliphatic carbocycles. The Bertz CT molecular complexity index is 1290. The van der Waals surface area contributed by atoms with Crippen LogP contribution in [0.25, 0.3) is 22.4 Å². The number of hydrogen-bond acceptors (Lipinski definition) is 5. The summed E-state index contributed by atoms with van der Waals surface area (Å²) in [5.74, 6) is 0.487. The van der Waals surface area contributed by atoms with Crippen molar-refractivity contribution in [3.8, 4) is 17.1 Å². The van der Waals surface area contributed by atoms with Crippen LogP contribution in [0, 0.1) is 10.1 Å². The zero-order valence-electron chi connectivity index (χ0n) is 15.3. The van der Waals surface area contributed by atoms with E-state index in [1.807, 2.05) is 53.1 Å². The monoisotopic (exact) mass is 408 g/mol. The number of alkyl halides is 2. The molecule has 9 heteroatoms. The lowest BCUT2D eigenvalue weighted by Crippen LogP contribution is -2.25. The highest BCUT2D eigenvalue weighted by Crippen LogP contribution is 2.43. The summed E-state index contributed by atoms with van der Waals surface area (Å²) in [6.07, 6.45) is -0.740. The minimum atomic E-state index is -3.07. The summed E-state index contributed by atoms with van der Waals surface area (Å²) in [6.45, 7) is -3.07. The highest BCUT2D eigenvalue weighted by molar-refractivity contribution is 5.87. The van der Waals surface area contributed by atoms with E-state index in [0.29, 0.717) is 5.82 Å². The highest BCUT2D eigenvalue weighted by atomic mass is 19.3. The zero-order chi connectivity index (χ0) is 20.8. The number of para-hydroxylation sites is 3. The molecule has 4 aromatic rings. The number of halogens is 2. The average Bonchev–Trinajstić information content (AvgIpc) is 3.13. The van der Waals surface area contributed by atoms with Crippen LogP contribution in [-0.2, 0) is 0 Å². The van der Waals surface area contributed by atoms with Gasteiger partial charge in [-0.05, 0) is 30.3 Å². The fraction of sp³-hybridized carbons (Fsp3) is 0.0952. The zero-order valence-corrected chi connectivity index (χ0v) is 15.3. The number of imidazole rings is 1. The molecule has 5 rings (SSSR count).